The molecule has 5 rings (SSSR count). The fourth-order valence-electron chi connectivity index (χ4n) is 8.88. The molecule has 0 heterocycles. The van der Waals surface area contributed by atoms with E-state index >= 15 is 0 Å². The molecule has 4 aliphatic rings. The van der Waals surface area contributed by atoms with Gasteiger partial charge in [-0.3, -0.25) is 9.59 Å². The molecule has 0 aliphatic heterocycles. The predicted octanol–water partition coefficient (Wildman–Crippen LogP) is 5.64. The molecule has 1 aromatic carbocycles. The molecule has 188 valence electrons. The number of hydrogen-bond donors (Lipinski definition) is 1. The lowest BCUT2D eigenvalue weighted by Crippen LogP contribution is -2.62. The van der Waals surface area contributed by atoms with Crippen molar-refractivity contribution in [3.05, 3.63) is 42.0 Å². The number of fused-ring (bicyclic) bond motifs is 2. The van der Waals surface area contributed by atoms with Crippen molar-refractivity contribution in [1.82, 2.24) is 0 Å². The molecule has 0 saturated heterocycles. The van der Waals surface area contributed by atoms with E-state index in [2.05, 4.69) is 26.8 Å². The van der Waals surface area contributed by atoms with Gasteiger partial charge in [0, 0.05) is 10.3 Å². The van der Waals surface area contributed by atoms with Crippen molar-refractivity contribution in [3.63, 3.8) is 0 Å². The van der Waals surface area contributed by atoms with E-state index in [1.807, 2.05) is 30.3 Å². The quantitative estimate of drug-likeness (QED) is 0.206. The second kappa shape index (κ2) is 8.79. The molecule has 3 fully saturated rings. The number of carboxylic acids is 1. The van der Waals surface area contributed by atoms with Crippen LogP contribution >= 0.6 is 11.8 Å². The van der Waals surface area contributed by atoms with Gasteiger partial charge in [0.2, 0.25) is 0 Å². The fourth-order valence-corrected chi connectivity index (χ4v) is 9.60. The first-order chi connectivity index (χ1) is 16.7. The molecule has 0 aromatic heterocycles. The van der Waals surface area contributed by atoms with Crippen LogP contribution in [0.25, 0.3) is 0 Å². The summed E-state index contributed by atoms with van der Waals surface area (Å²) in [5, 5.41) is 11.0. The Labute approximate surface area is 212 Å². The largest absolute Gasteiger partial charge is 0.481 e. The maximum absolute atomic E-state index is 13.4. The first-order valence-electron chi connectivity index (χ1n) is 13.0. The average Bonchev–Trinajstić information content (AvgIpc) is 3.40. The van der Waals surface area contributed by atoms with E-state index in [0.29, 0.717) is 24.7 Å². The topological polar surface area (TPSA) is 80.7 Å². The Morgan fingerprint density at radius 2 is 1.94 bits per heavy atom. The number of carbonyl (C=O) groups excluding carboxylic acids is 2. The van der Waals surface area contributed by atoms with E-state index in [4.69, 9.17) is 4.74 Å². The van der Waals surface area contributed by atoms with Crippen LogP contribution in [0.5, 0.6) is 0 Å². The van der Waals surface area contributed by atoms with E-state index in [-0.39, 0.29) is 36.1 Å². The van der Waals surface area contributed by atoms with E-state index in [0.717, 1.165) is 36.0 Å². The summed E-state index contributed by atoms with van der Waals surface area (Å²) in [6.45, 7) is 6.55. The number of esters is 1. The SMILES string of the molecule is CC(C)C1=C[C@H]2C[C@]3(C=O)[C@@H]4CC[C@@H](C)[C@H]4C[C@@]2(CCOC(=O)CSc2ccccc2)[C@]13C(=O)O. The van der Waals surface area contributed by atoms with Gasteiger partial charge in [-0.1, -0.05) is 57.0 Å². The number of hydrogen-bond acceptors (Lipinski definition) is 5. The smallest absolute Gasteiger partial charge is 0.316 e. The highest BCUT2D eigenvalue weighted by atomic mass is 32.2. The lowest BCUT2D eigenvalue weighted by Gasteiger charge is -2.58. The number of aliphatic carboxylic acids is 1. The number of ether oxygens (including phenoxy) is 1. The van der Waals surface area contributed by atoms with E-state index in [1.165, 1.54) is 11.8 Å². The summed E-state index contributed by atoms with van der Waals surface area (Å²) >= 11 is 1.44. The van der Waals surface area contributed by atoms with Gasteiger partial charge in [-0.2, -0.15) is 0 Å². The molecule has 1 aromatic rings. The standard InChI is InChI=1S/C29H36O5S/c1-18(2)24-13-20-14-28(17-30)23-10-9-19(3)22(23)15-27(20,29(24,28)26(32)33)11-12-34-25(31)16-35-21-7-5-4-6-8-21/h4-8,13,17-20,22-23H,9-12,14-16H2,1-3H3,(H,32,33)/t19-,20+,22-,23-,27-,28+,29-/m1/s1. The third kappa shape index (κ3) is 3.24. The second-order valence-corrected chi connectivity index (χ2v) is 12.6. The molecule has 0 unspecified atom stereocenters. The van der Waals surface area contributed by atoms with Gasteiger partial charge in [-0.05, 0) is 67.4 Å². The average molecular weight is 497 g/mol. The Morgan fingerprint density at radius 3 is 2.60 bits per heavy atom. The van der Waals surface area contributed by atoms with Gasteiger partial charge in [0.05, 0.1) is 17.8 Å². The normalized spacial score (nSPS) is 38.8. The Morgan fingerprint density at radius 1 is 1.20 bits per heavy atom. The minimum absolute atomic E-state index is 0.0383. The van der Waals surface area contributed by atoms with Crippen LogP contribution in [0, 0.1) is 45.8 Å². The third-order valence-corrected chi connectivity index (χ3v) is 11.0. The summed E-state index contributed by atoms with van der Waals surface area (Å²) in [4.78, 5) is 40.0. The zero-order valence-corrected chi connectivity index (χ0v) is 21.7. The van der Waals surface area contributed by atoms with Crippen LogP contribution in [0.4, 0.5) is 0 Å². The molecule has 0 radical (unpaired) electrons. The maximum atomic E-state index is 13.4. The Kier molecular flexibility index (Phi) is 6.18. The summed E-state index contributed by atoms with van der Waals surface area (Å²) in [6.07, 6.45) is 7.12. The summed E-state index contributed by atoms with van der Waals surface area (Å²) < 4.78 is 5.70. The first-order valence-corrected chi connectivity index (χ1v) is 14.0. The number of carbonyl (C=O) groups is 3. The number of aldehydes is 1. The van der Waals surface area contributed by atoms with Crippen molar-refractivity contribution in [2.75, 3.05) is 12.4 Å². The van der Waals surface area contributed by atoms with E-state index < -0.39 is 22.2 Å². The number of allylic oxidation sites excluding steroid dienone is 1. The van der Waals surface area contributed by atoms with E-state index in [1.54, 1.807) is 0 Å². The lowest BCUT2D eigenvalue weighted by atomic mass is 9.42. The molecule has 3 saturated carbocycles. The molecule has 0 spiro atoms. The monoisotopic (exact) mass is 496 g/mol. The van der Waals surface area contributed by atoms with Crippen molar-refractivity contribution < 1.29 is 24.2 Å². The third-order valence-electron chi connectivity index (χ3n) is 10.0. The fraction of sp³-hybridized carbons (Fsp3) is 0.621. The van der Waals surface area contributed by atoms with Gasteiger partial charge in [-0.25, -0.2) is 0 Å². The van der Waals surface area contributed by atoms with Crippen LogP contribution in [0.15, 0.2) is 46.9 Å². The van der Waals surface area contributed by atoms with Crippen LogP contribution in [0.3, 0.4) is 0 Å². The lowest BCUT2D eigenvalue weighted by molar-refractivity contribution is -0.182. The van der Waals surface area contributed by atoms with Gasteiger partial charge in [0.15, 0.2) is 0 Å². The van der Waals surface area contributed by atoms with Gasteiger partial charge >= 0.3 is 11.9 Å². The van der Waals surface area contributed by atoms with E-state index in [9.17, 15) is 19.5 Å². The maximum Gasteiger partial charge on any atom is 0.316 e. The zero-order valence-electron chi connectivity index (χ0n) is 20.9. The highest BCUT2D eigenvalue weighted by Crippen LogP contribution is 2.83. The van der Waals surface area contributed by atoms with Crippen molar-refractivity contribution in [2.24, 2.45) is 45.8 Å². The molecule has 0 amide bonds. The van der Waals surface area contributed by atoms with Gasteiger partial charge in [0.1, 0.15) is 11.7 Å². The molecular weight excluding hydrogens is 460 g/mol. The van der Waals surface area contributed by atoms with Crippen LogP contribution in [-0.2, 0) is 19.1 Å². The number of rotatable bonds is 9. The zero-order chi connectivity index (χ0) is 25.0. The number of carboxylic acid groups (broad SMARTS) is 1. The molecule has 7 atom stereocenters. The van der Waals surface area contributed by atoms with Crippen LogP contribution < -0.4 is 0 Å². The minimum Gasteiger partial charge on any atom is -0.481 e. The van der Waals surface area contributed by atoms with Gasteiger partial charge < -0.3 is 14.6 Å². The van der Waals surface area contributed by atoms with Crippen LogP contribution in [0.1, 0.15) is 52.9 Å². The summed E-state index contributed by atoms with van der Waals surface area (Å²) in [5.74, 6) is 0.125. The molecular formula is C29H36O5S. The highest BCUT2D eigenvalue weighted by molar-refractivity contribution is 8.00. The van der Waals surface area contributed by atoms with Crippen molar-refractivity contribution >= 4 is 30.0 Å². The van der Waals surface area contributed by atoms with Crippen LogP contribution in [0.2, 0.25) is 0 Å². The van der Waals surface area contributed by atoms with Gasteiger partial charge in [0.25, 0.3) is 0 Å². The van der Waals surface area contributed by atoms with Crippen LogP contribution in [-0.4, -0.2) is 35.7 Å². The molecule has 5 nitrogen and oxygen atoms in total. The summed E-state index contributed by atoms with van der Waals surface area (Å²) in [7, 11) is 0. The Bertz CT molecular complexity index is 1050. The Hall–Kier alpha value is -2.08. The first kappa shape index (κ1) is 24.6. The van der Waals surface area contributed by atoms with Crippen molar-refractivity contribution in [3.8, 4) is 0 Å². The Balaban J connectivity index is 1.43. The predicted molar refractivity (Wildman–Crippen MR) is 135 cm³/mol. The molecule has 4 aliphatic carbocycles. The molecule has 4 bridgehead atoms. The molecule has 1 N–H and O–H groups in total. The van der Waals surface area contributed by atoms with Crippen molar-refractivity contribution in [2.45, 2.75) is 57.8 Å². The highest BCUT2D eigenvalue weighted by Gasteiger charge is 2.83. The summed E-state index contributed by atoms with van der Waals surface area (Å²) in [5.41, 5.74) is -1.71. The van der Waals surface area contributed by atoms with Gasteiger partial charge in [-0.15, -0.1) is 11.8 Å². The molecule has 35 heavy (non-hydrogen) atoms. The second-order valence-electron chi connectivity index (χ2n) is 11.6. The minimum atomic E-state index is -1.20. The number of thioether (sulfide) groups is 1. The van der Waals surface area contributed by atoms with Crippen molar-refractivity contribution in [1.29, 1.82) is 0 Å². The summed E-state index contributed by atoms with van der Waals surface area (Å²) in [6, 6.07) is 9.74. The number of benzene rings is 1. The molecule has 6 heteroatoms.